The summed E-state index contributed by atoms with van der Waals surface area (Å²) in [6, 6.07) is 63.7. The van der Waals surface area contributed by atoms with E-state index in [-0.39, 0.29) is 0 Å². The minimum absolute atomic E-state index is 0.794. The predicted molar refractivity (Wildman–Crippen MR) is 238 cm³/mol. The molecule has 0 bridgehead atoms. The summed E-state index contributed by atoms with van der Waals surface area (Å²) < 4.78 is 7.26. The fourth-order valence-corrected chi connectivity index (χ4v) is 10.2. The summed E-state index contributed by atoms with van der Waals surface area (Å²) in [6.45, 7) is 0. The molecule has 0 amide bonds. The SMILES string of the molecule is c1ccc2c(c1)ccc1c2c2ccccc2n1-c1nc2ccccc2nc1-n1c2ccccc2c2c3c4ccc5ccccc5c4n4c5ccccc5c(cc21)c34. The highest BCUT2D eigenvalue weighted by Gasteiger charge is 2.27. The number of rotatable bonds is 2. The maximum Gasteiger partial charge on any atom is 0.182 e. The Kier molecular flexibility index (Phi) is 5.45. The molecule has 5 heteroatoms. The maximum atomic E-state index is 5.61. The Morgan fingerprint density at radius 1 is 0.298 bits per heavy atom. The second-order valence-corrected chi connectivity index (χ2v) is 15.3. The van der Waals surface area contributed by atoms with E-state index in [1.54, 1.807) is 0 Å². The number of benzene rings is 9. The Labute approximate surface area is 324 Å². The Bertz CT molecular complexity index is 4050. The van der Waals surface area contributed by atoms with Crippen LogP contribution in [0, 0.1) is 0 Å². The monoisotopic (exact) mass is 723 g/mol. The number of nitrogens with zero attached hydrogens (tertiary/aromatic N) is 5. The number of fused-ring (bicyclic) bond motifs is 18. The van der Waals surface area contributed by atoms with Gasteiger partial charge in [0, 0.05) is 48.5 Å². The smallest absolute Gasteiger partial charge is 0.182 e. The van der Waals surface area contributed by atoms with Crippen LogP contribution in [0.1, 0.15) is 0 Å². The molecule has 0 aliphatic heterocycles. The molecular weight excluding hydrogens is 695 g/mol. The van der Waals surface area contributed by atoms with Crippen molar-refractivity contribution in [2.45, 2.75) is 0 Å². The van der Waals surface area contributed by atoms with Crippen LogP contribution in [0.2, 0.25) is 0 Å². The zero-order valence-corrected chi connectivity index (χ0v) is 30.5. The summed E-state index contributed by atoms with van der Waals surface area (Å²) in [5.41, 5.74) is 9.85. The van der Waals surface area contributed by atoms with E-state index in [2.05, 4.69) is 189 Å². The minimum Gasteiger partial charge on any atom is -0.307 e. The van der Waals surface area contributed by atoms with Gasteiger partial charge in [0.2, 0.25) is 0 Å². The largest absolute Gasteiger partial charge is 0.307 e. The highest BCUT2D eigenvalue weighted by molar-refractivity contribution is 6.37. The Hall–Kier alpha value is -7.76. The first-order valence-electron chi connectivity index (χ1n) is 19.5. The van der Waals surface area contributed by atoms with Gasteiger partial charge in [-0.1, -0.05) is 133 Å². The topological polar surface area (TPSA) is 40.0 Å². The van der Waals surface area contributed by atoms with Gasteiger partial charge in [-0.05, 0) is 58.6 Å². The summed E-state index contributed by atoms with van der Waals surface area (Å²) in [6.07, 6.45) is 0. The van der Waals surface area contributed by atoms with Gasteiger partial charge in [-0.3, -0.25) is 9.13 Å². The summed E-state index contributed by atoms with van der Waals surface area (Å²) >= 11 is 0. The van der Waals surface area contributed by atoms with Crippen LogP contribution in [0.15, 0.2) is 176 Å². The zero-order chi connectivity index (χ0) is 36.9. The number of hydrogen-bond acceptors (Lipinski definition) is 2. The number of para-hydroxylation sites is 5. The van der Waals surface area contributed by atoms with E-state index < -0.39 is 0 Å². The van der Waals surface area contributed by atoms with Crippen LogP contribution in [0.3, 0.4) is 0 Å². The average Bonchev–Trinajstić information content (AvgIpc) is 4.00. The second-order valence-electron chi connectivity index (χ2n) is 15.3. The molecule has 0 N–H and O–H groups in total. The lowest BCUT2D eigenvalue weighted by Gasteiger charge is -2.16. The lowest BCUT2D eigenvalue weighted by atomic mass is 10.00. The zero-order valence-electron chi connectivity index (χ0n) is 30.5. The van der Waals surface area contributed by atoms with E-state index in [1.165, 1.54) is 81.2 Å². The molecule has 57 heavy (non-hydrogen) atoms. The summed E-state index contributed by atoms with van der Waals surface area (Å²) in [5.74, 6) is 1.59. The van der Waals surface area contributed by atoms with Crippen molar-refractivity contribution < 1.29 is 0 Å². The highest BCUT2D eigenvalue weighted by atomic mass is 15.2. The van der Waals surface area contributed by atoms with Gasteiger partial charge in [0.05, 0.1) is 49.7 Å². The molecule has 0 fully saturated rings. The molecule has 262 valence electrons. The van der Waals surface area contributed by atoms with E-state index in [1.807, 2.05) is 0 Å². The molecule has 0 saturated carbocycles. The van der Waals surface area contributed by atoms with Crippen LogP contribution in [-0.2, 0) is 0 Å². The van der Waals surface area contributed by atoms with Gasteiger partial charge in [0.1, 0.15) is 0 Å². The molecule has 0 saturated heterocycles. The molecule has 9 aromatic carbocycles. The van der Waals surface area contributed by atoms with Crippen molar-refractivity contribution in [1.82, 2.24) is 23.5 Å². The van der Waals surface area contributed by atoms with Gasteiger partial charge < -0.3 is 4.40 Å². The first kappa shape index (κ1) is 29.6. The van der Waals surface area contributed by atoms with Crippen molar-refractivity contribution in [3.63, 3.8) is 0 Å². The van der Waals surface area contributed by atoms with Gasteiger partial charge in [-0.2, -0.15) is 0 Å². The van der Waals surface area contributed by atoms with Gasteiger partial charge in [-0.25, -0.2) is 9.97 Å². The van der Waals surface area contributed by atoms with Gasteiger partial charge in [0.15, 0.2) is 11.6 Å². The molecule has 5 aromatic heterocycles. The lowest BCUT2D eigenvalue weighted by molar-refractivity contribution is 0.996. The minimum atomic E-state index is 0.794. The van der Waals surface area contributed by atoms with Crippen molar-refractivity contribution >= 4 is 114 Å². The van der Waals surface area contributed by atoms with Crippen molar-refractivity contribution in [2.75, 3.05) is 0 Å². The highest BCUT2D eigenvalue weighted by Crippen LogP contribution is 2.48. The molecule has 5 heterocycles. The molecule has 0 spiro atoms. The molecule has 0 aliphatic carbocycles. The third-order valence-corrected chi connectivity index (χ3v) is 12.5. The average molecular weight is 724 g/mol. The third-order valence-electron chi connectivity index (χ3n) is 12.5. The number of aromatic nitrogens is 5. The molecule has 5 nitrogen and oxygen atoms in total. The summed E-state index contributed by atoms with van der Waals surface area (Å²) in [7, 11) is 0. The van der Waals surface area contributed by atoms with Crippen LogP contribution in [0.4, 0.5) is 0 Å². The van der Waals surface area contributed by atoms with Crippen LogP contribution < -0.4 is 0 Å². The molecular formula is C52H29N5. The Balaban J connectivity index is 1.22. The quantitative estimate of drug-likeness (QED) is 0.178. The molecule has 0 radical (unpaired) electrons. The van der Waals surface area contributed by atoms with Crippen molar-refractivity contribution in [1.29, 1.82) is 0 Å². The van der Waals surface area contributed by atoms with Crippen molar-refractivity contribution in [3.8, 4) is 11.6 Å². The van der Waals surface area contributed by atoms with E-state index in [0.29, 0.717) is 0 Å². The van der Waals surface area contributed by atoms with Crippen molar-refractivity contribution in [3.05, 3.63) is 176 Å². The second kappa shape index (κ2) is 10.5. The lowest BCUT2D eigenvalue weighted by Crippen LogP contribution is -2.09. The van der Waals surface area contributed by atoms with Crippen LogP contribution >= 0.6 is 0 Å². The molecule has 14 aromatic rings. The van der Waals surface area contributed by atoms with Gasteiger partial charge in [0.25, 0.3) is 0 Å². The Morgan fingerprint density at radius 3 is 1.54 bits per heavy atom. The standard InChI is InChI=1S/C52H29N5/c1-3-15-32-30(13-1)26-28-44-46(32)35-18-6-11-23-42(35)55(44)51-52(54-40-21-9-8-20-39(40)53-51)56-43-24-12-7-19-36(43)47-45(56)29-38-34-17-5-10-22-41(34)57-49-33-16-4-2-14-31(33)25-27-37(49)48(47)50(38)57/h1-29H. The van der Waals surface area contributed by atoms with Crippen LogP contribution in [0.25, 0.3) is 126 Å². The van der Waals surface area contributed by atoms with Gasteiger partial charge in [-0.15, -0.1) is 0 Å². The summed E-state index contributed by atoms with van der Waals surface area (Å²) in [5, 5.41) is 14.8. The molecule has 0 unspecified atom stereocenters. The predicted octanol–water partition coefficient (Wildman–Crippen LogP) is 13.3. The summed E-state index contributed by atoms with van der Waals surface area (Å²) in [4.78, 5) is 11.2. The maximum absolute atomic E-state index is 5.61. The third kappa shape index (κ3) is 3.64. The van der Waals surface area contributed by atoms with E-state index in [9.17, 15) is 0 Å². The Morgan fingerprint density at radius 2 is 0.825 bits per heavy atom. The first-order valence-corrected chi connectivity index (χ1v) is 19.5. The molecule has 0 atom stereocenters. The first-order chi connectivity index (χ1) is 28.3. The molecule has 14 rings (SSSR count). The normalized spacial score (nSPS) is 12.6. The fourth-order valence-electron chi connectivity index (χ4n) is 10.2. The van der Waals surface area contributed by atoms with E-state index in [4.69, 9.17) is 9.97 Å². The van der Waals surface area contributed by atoms with Crippen molar-refractivity contribution in [2.24, 2.45) is 0 Å². The van der Waals surface area contributed by atoms with Gasteiger partial charge >= 0.3 is 0 Å². The van der Waals surface area contributed by atoms with E-state index >= 15 is 0 Å². The number of hydrogen-bond donors (Lipinski definition) is 0. The molecule has 0 aliphatic rings. The van der Waals surface area contributed by atoms with Crippen LogP contribution in [-0.4, -0.2) is 23.5 Å². The van der Waals surface area contributed by atoms with E-state index in [0.717, 1.165) is 44.7 Å². The van der Waals surface area contributed by atoms with Crippen LogP contribution in [0.5, 0.6) is 0 Å². The fraction of sp³-hybridized carbons (Fsp3) is 0.